The molecule has 0 atom stereocenters. The predicted octanol–water partition coefficient (Wildman–Crippen LogP) is 1.39. The van der Waals surface area contributed by atoms with E-state index in [0.717, 1.165) is 38.3 Å². The number of benzene rings is 1. The predicted molar refractivity (Wildman–Crippen MR) is 66.6 cm³/mol. The number of hydrogen-bond donors (Lipinski definition) is 1. The number of hydrogen-bond acceptors (Lipinski definition) is 3. The summed E-state index contributed by atoms with van der Waals surface area (Å²) in [5, 5.41) is 12.0. The zero-order valence-electron chi connectivity index (χ0n) is 9.15. The standard InChI is InChI=1S/C12H15N3.ClH/c13-9-11-1-3-12(4-2-11)10-15-7-5-14-6-8-15;/h1-4,14H,5-8,10H2;1H. The molecule has 1 aromatic carbocycles. The second kappa shape index (κ2) is 6.49. The molecule has 1 fully saturated rings. The van der Waals surface area contributed by atoms with Crippen molar-refractivity contribution < 1.29 is 0 Å². The Bertz CT molecular complexity index is 350. The number of nitriles is 1. The fourth-order valence-electron chi connectivity index (χ4n) is 1.81. The van der Waals surface area contributed by atoms with Gasteiger partial charge >= 0.3 is 0 Å². The van der Waals surface area contributed by atoms with E-state index in [1.165, 1.54) is 5.56 Å². The fraction of sp³-hybridized carbons (Fsp3) is 0.417. The van der Waals surface area contributed by atoms with Gasteiger partial charge in [0.25, 0.3) is 0 Å². The van der Waals surface area contributed by atoms with E-state index in [4.69, 9.17) is 5.26 Å². The maximum absolute atomic E-state index is 8.68. The molecule has 3 nitrogen and oxygen atoms in total. The minimum atomic E-state index is 0. The van der Waals surface area contributed by atoms with Gasteiger partial charge in [0.15, 0.2) is 0 Å². The quantitative estimate of drug-likeness (QED) is 0.845. The fourth-order valence-corrected chi connectivity index (χ4v) is 1.81. The van der Waals surface area contributed by atoms with Gasteiger partial charge in [0.1, 0.15) is 0 Å². The molecule has 0 unspecified atom stereocenters. The van der Waals surface area contributed by atoms with Crippen LogP contribution in [-0.2, 0) is 6.54 Å². The molecule has 0 radical (unpaired) electrons. The number of rotatable bonds is 2. The van der Waals surface area contributed by atoms with Gasteiger partial charge in [0.2, 0.25) is 0 Å². The monoisotopic (exact) mass is 237 g/mol. The second-order valence-electron chi connectivity index (χ2n) is 3.83. The summed E-state index contributed by atoms with van der Waals surface area (Å²) in [6.07, 6.45) is 0. The highest BCUT2D eigenvalue weighted by molar-refractivity contribution is 5.85. The molecule has 1 saturated heterocycles. The van der Waals surface area contributed by atoms with Crippen LogP contribution in [-0.4, -0.2) is 31.1 Å². The molecule has 1 N–H and O–H groups in total. The van der Waals surface area contributed by atoms with E-state index >= 15 is 0 Å². The molecule has 1 aliphatic rings. The van der Waals surface area contributed by atoms with Crippen molar-refractivity contribution >= 4 is 12.4 Å². The molecular formula is C12H16ClN3. The Kier molecular flexibility index (Phi) is 5.27. The normalized spacial score (nSPS) is 16.2. The highest BCUT2D eigenvalue weighted by Crippen LogP contribution is 2.07. The third kappa shape index (κ3) is 3.49. The molecular weight excluding hydrogens is 222 g/mol. The summed E-state index contributed by atoms with van der Waals surface area (Å²) in [7, 11) is 0. The van der Waals surface area contributed by atoms with Gasteiger partial charge in [-0.1, -0.05) is 12.1 Å². The SMILES string of the molecule is Cl.N#Cc1ccc(CN2CCNCC2)cc1. The van der Waals surface area contributed by atoms with Gasteiger partial charge in [-0.15, -0.1) is 12.4 Å². The van der Waals surface area contributed by atoms with Crippen LogP contribution in [0.1, 0.15) is 11.1 Å². The Morgan fingerprint density at radius 1 is 1.19 bits per heavy atom. The summed E-state index contributed by atoms with van der Waals surface area (Å²) in [5.74, 6) is 0. The van der Waals surface area contributed by atoms with Crippen LogP contribution in [0.3, 0.4) is 0 Å². The topological polar surface area (TPSA) is 39.1 Å². The van der Waals surface area contributed by atoms with Crippen molar-refractivity contribution in [3.05, 3.63) is 35.4 Å². The lowest BCUT2D eigenvalue weighted by Crippen LogP contribution is -2.42. The zero-order chi connectivity index (χ0) is 10.5. The molecule has 1 heterocycles. The molecule has 1 aromatic rings. The lowest BCUT2D eigenvalue weighted by Gasteiger charge is -2.27. The summed E-state index contributed by atoms with van der Waals surface area (Å²) in [5.41, 5.74) is 2.02. The molecule has 0 saturated carbocycles. The second-order valence-corrected chi connectivity index (χ2v) is 3.83. The first-order chi connectivity index (χ1) is 7.38. The van der Waals surface area contributed by atoms with E-state index in [1.807, 2.05) is 24.3 Å². The molecule has 1 aliphatic heterocycles. The van der Waals surface area contributed by atoms with Gasteiger partial charge in [0.05, 0.1) is 11.6 Å². The first kappa shape index (κ1) is 13.0. The van der Waals surface area contributed by atoms with Crippen molar-refractivity contribution in [2.75, 3.05) is 26.2 Å². The van der Waals surface area contributed by atoms with Gasteiger partial charge in [-0.05, 0) is 17.7 Å². The van der Waals surface area contributed by atoms with Gasteiger partial charge in [-0.3, -0.25) is 4.90 Å². The largest absolute Gasteiger partial charge is 0.314 e. The van der Waals surface area contributed by atoms with E-state index in [9.17, 15) is 0 Å². The maximum atomic E-state index is 8.68. The van der Waals surface area contributed by atoms with Crippen LogP contribution in [0, 0.1) is 11.3 Å². The number of piperazine rings is 1. The van der Waals surface area contributed by atoms with Crippen molar-refractivity contribution in [3.8, 4) is 6.07 Å². The van der Waals surface area contributed by atoms with Gasteiger partial charge in [-0.25, -0.2) is 0 Å². The van der Waals surface area contributed by atoms with Gasteiger partial charge in [-0.2, -0.15) is 5.26 Å². The first-order valence-electron chi connectivity index (χ1n) is 5.30. The number of nitrogens with zero attached hydrogens (tertiary/aromatic N) is 2. The average molecular weight is 238 g/mol. The minimum absolute atomic E-state index is 0. The average Bonchev–Trinajstić information content (AvgIpc) is 2.31. The molecule has 16 heavy (non-hydrogen) atoms. The maximum Gasteiger partial charge on any atom is 0.0991 e. The van der Waals surface area contributed by atoms with Crippen molar-refractivity contribution in [2.24, 2.45) is 0 Å². The summed E-state index contributed by atoms with van der Waals surface area (Å²) in [4.78, 5) is 2.43. The third-order valence-corrected chi connectivity index (χ3v) is 2.70. The van der Waals surface area contributed by atoms with Gasteiger partial charge < -0.3 is 5.32 Å². The first-order valence-corrected chi connectivity index (χ1v) is 5.30. The summed E-state index contributed by atoms with van der Waals surface area (Å²) in [6.45, 7) is 5.37. The Balaban J connectivity index is 0.00000128. The van der Waals surface area contributed by atoms with Crippen LogP contribution in [0.25, 0.3) is 0 Å². The summed E-state index contributed by atoms with van der Waals surface area (Å²) >= 11 is 0. The van der Waals surface area contributed by atoms with Crippen molar-refractivity contribution in [3.63, 3.8) is 0 Å². The summed E-state index contributed by atoms with van der Waals surface area (Å²) in [6, 6.07) is 9.99. The highest BCUT2D eigenvalue weighted by atomic mass is 35.5. The smallest absolute Gasteiger partial charge is 0.0991 e. The Labute approximate surface area is 102 Å². The number of halogens is 1. The Hall–Kier alpha value is -1.08. The molecule has 0 aromatic heterocycles. The number of nitrogens with one attached hydrogen (secondary N) is 1. The molecule has 2 rings (SSSR count). The van der Waals surface area contributed by atoms with E-state index in [0.29, 0.717) is 0 Å². The molecule has 0 amide bonds. The van der Waals surface area contributed by atoms with E-state index in [1.54, 1.807) is 0 Å². The molecule has 4 heteroatoms. The van der Waals surface area contributed by atoms with Crippen molar-refractivity contribution in [1.82, 2.24) is 10.2 Å². The van der Waals surface area contributed by atoms with Crippen LogP contribution in [0.4, 0.5) is 0 Å². The van der Waals surface area contributed by atoms with Crippen LogP contribution in [0.15, 0.2) is 24.3 Å². The van der Waals surface area contributed by atoms with Gasteiger partial charge in [0, 0.05) is 32.7 Å². The zero-order valence-corrected chi connectivity index (χ0v) is 9.96. The van der Waals surface area contributed by atoms with Crippen LogP contribution in [0.2, 0.25) is 0 Å². The molecule has 0 bridgehead atoms. The molecule has 86 valence electrons. The summed E-state index contributed by atoms with van der Waals surface area (Å²) < 4.78 is 0. The van der Waals surface area contributed by atoms with Crippen LogP contribution >= 0.6 is 12.4 Å². The lowest BCUT2D eigenvalue weighted by atomic mass is 10.1. The third-order valence-electron chi connectivity index (χ3n) is 2.70. The molecule has 0 spiro atoms. The van der Waals surface area contributed by atoms with E-state index in [-0.39, 0.29) is 12.4 Å². The van der Waals surface area contributed by atoms with Crippen molar-refractivity contribution in [1.29, 1.82) is 5.26 Å². The van der Waals surface area contributed by atoms with Crippen molar-refractivity contribution in [2.45, 2.75) is 6.54 Å². The lowest BCUT2D eigenvalue weighted by molar-refractivity contribution is 0.233. The highest BCUT2D eigenvalue weighted by Gasteiger charge is 2.09. The minimum Gasteiger partial charge on any atom is -0.314 e. The van der Waals surface area contributed by atoms with E-state index < -0.39 is 0 Å². The Morgan fingerprint density at radius 2 is 1.81 bits per heavy atom. The molecule has 0 aliphatic carbocycles. The van der Waals surface area contributed by atoms with Crippen LogP contribution < -0.4 is 5.32 Å². The Morgan fingerprint density at radius 3 is 2.38 bits per heavy atom. The van der Waals surface area contributed by atoms with Crippen LogP contribution in [0.5, 0.6) is 0 Å². The van der Waals surface area contributed by atoms with E-state index in [2.05, 4.69) is 16.3 Å².